The fourth-order valence-electron chi connectivity index (χ4n) is 1.78. The van der Waals surface area contributed by atoms with Gasteiger partial charge in [-0.1, -0.05) is 12.1 Å². The molecule has 6 heteroatoms. The molecule has 2 N–H and O–H groups in total. The minimum Gasteiger partial charge on any atom is -0.444 e. The Balaban J connectivity index is 1.74. The second-order valence-electron chi connectivity index (χ2n) is 4.11. The van der Waals surface area contributed by atoms with Crippen molar-refractivity contribution in [3.05, 3.63) is 59.1 Å². The lowest BCUT2D eigenvalue weighted by molar-refractivity contribution is 0.0995. The van der Waals surface area contributed by atoms with Gasteiger partial charge in [-0.05, 0) is 51.8 Å². The zero-order chi connectivity index (χ0) is 13.9. The van der Waals surface area contributed by atoms with Crippen molar-refractivity contribution in [1.29, 1.82) is 0 Å². The summed E-state index contributed by atoms with van der Waals surface area (Å²) >= 11 is 3.16. The van der Waals surface area contributed by atoms with Crippen LogP contribution in [0.2, 0.25) is 0 Å². The number of nitrogens with one attached hydrogen (secondary N) is 2. The lowest BCUT2D eigenvalue weighted by atomic mass is 10.1. The van der Waals surface area contributed by atoms with Gasteiger partial charge in [0, 0.05) is 11.9 Å². The zero-order valence-corrected chi connectivity index (χ0v) is 11.8. The monoisotopic (exact) mass is 331 g/mol. The second-order valence-corrected chi connectivity index (χ2v) is 4.89. The number of halogens is 1. The molecule has 0 fully saturated rings. The van der Waals surface area contributed by atoms with Crippen LogP contribution in [0.1, 0.15) is 10.6 Å². The molecule has 0 saturated carbocycles. The van der Waals surface area contributed by atoms with Gasteiger partial charge in [0.1, 0.15) is 0 Å². The highest BCUT2D eigenvalue weighted by atomic mass is 79.9. The van der Waals surface area contributed by atoms with Gasteiger partial charge < -0.3 is 9.73 Å². The summed E-state index contributed by atoms with van der Waals surface area (Å²) in [6, 6.07) is 12.6. The van der Waals surface area contributed by atoms with Crippen LogP contribution in [0.25, 0.3) is 11.3 Å². The number of furan rings is 1. The van der Waals surface area contributed by atoms with E-state index in [2.05, 4.69) is 31.4 Å². The predicted molar refractivity (Wildman–Crippen MR) is 78.4 cm³/mol. The Morgan fingerprint density at radius 3 is 2.55 bits per heavy atom. The van der Waals surface area contributed by atoms with Gasteiger partial charge in [0.25, 0.3) is 5.91 Å². The van der Waals surface area contributed by atoms with Crippen molar-refractivity contribution in [3.63, 3.8) is 0 Å². The molecule has 3 aromatic rings. The molecular weight excluding hydrogens is 322 g/mol. The molecule has 0 saturated heterocycles. The quantitative estimate of drug-likeness (QED) is 0.768. The van der Waals surface area contributed by atoms with Crippen LogP contribution in [-0.2, 0) is 0 Å². The highest BCUT2D eigenvalue weighted by Crippen LogP contribution is 2.20. The maximum Gasteiger partial charge on any atom is 0.291 e. The van der Waals surface area contributed by atoms with E-state index >= 15 is 0 Å². The third-order valence-corrected chi connectivity index (χ3v) is 3.18. The van der Waals surface area contributed by atoms with Crippen LogP contribution in [0.5, 0.6) is 0 Å². The van der Waals surface area contributed by atoms with Crippen LogP contribution in [0.4, 0.5) is 5.69 Å². The first kappa shape index (κ1) is 12.7. The van der Waals surface area contributed by atoms with Gasteiger partial charge in [-0.25, -0.2) is 0 Å². The van der Waals surface area contributed by atoms with Crippen molar-refractivity contribution in [3.8, 4) is 11.3 Å². The Morgan fingerprint density at radius 1 is 1.15 bits per heavy atom. The fraction of sp³-hybridized carbons (Fsp3) is 0. The van der Waals surface area contributed by atoms with E-state index in [9.17, 15) is 4.79 Å². The molecule has 2 heterocycles. The Morgan fingerprint density at radius 2 is 1.95 bits per heavy atom. The summed E-state index contributed by atoms with van der Waals surface area (Å²) in [5.41, 5.74) is 2.63. The number of nitrogens with zero attached hydrogens (tertiary/aromatic N) is 1. The molecule has 1 amide bonds. The summed E-state index contributed by atoms with van der Waals surface area (Å²) in [5, 5.41) is 9.55. The smallest absolute Gasteiger partial charge is 0.291 e. The second kappa shape index (κ2) is 5.34. The molecule has 0 spiro atoms. The van der Waals surface area contributed by atoms with Gasteiger partial charge >= 0.3 is 0 Å². The maximum atomic E-state index is 11.9. The molecule has 0 aliphatic carbocycles. The van der Waals surface area contributed by atoms with E-state index in [0.29, 0.717) is 10.4 Å². The summed E-state index contributed by atoms with van der Waals surface area (Å²) in [7, 11) is 0. The standard InChI is InChI=1S/C14H10BrN3O2/c15-13-6-5-12(20-13)14(19)17-10-3-1-9(2-4-10)11-7-8-16-18-11/h1-8H,(H,16,18)(H,17,19). The van der Waals surface area contributed by atoms with E-state index in [1.807, 2.05) is 30.3 Å². The molecule has 100 valence electrons. The number of hydrogen-bond acceptors (Lipinski definition) is 3. The summed E-state index contributed by atoms with van der Waals surface area (Å²) in [4.78, 5) is 11.9. The van der Waals surface area contributed by atoms with Crippen LogP contribution in [0, 0.1) is 0 Å². The summed E-state index contributed by atoms with van der Waals surface area (Å²) in [5.74, 6) is -0.0282. The van der Waals surface area contributed by atoms with E-state index in [1.165, 1.54) is 0 Å². The van der Waals surface area contributed by atoms with E-state index in [-0.39, 0.29) is 11.7 Å². The van der Waals surface area contributed by atoms with Gasteiger partial charge in [0.2, 0.25) is 0 Å². The van der Waals surface area contributed by atoms with Crippen molar-refractivity contribution in [2.75, 3.05) is 5.32 Å². The first-order valence-electron chi connectivity index (χ1n) is 5.89. The third-order valence-electron chi connectivity index (χ3n) is 2.75. The summed E-state index contributed by atoms with van der Waals surface area (Å²) in [6.07, 6.45) is 1.69. The Hall–Kier alpha value is -2.34. The van der Waals surface area contributed by atoms with Crippen LogP contribution < -0.4 is 5.32 Å². The van der Waals surface area contributed by atoms with Crippen molar-refractivity contribution in [2.24, 2.45) is 0 Å². The molecule has 0 bridgehead atoms. The maximum absolute atomic E-state index is 11.9. The molecule has 0 radical (unpaired) electrons. The van der Waals surface area contributed by atoms with Gasteiger partial charge in [0.05, 0.1) is 5.69 Å². The van der Waals surface area contributed by atoms with E-state index < -0.39 is 0 Å². The Bertz CT molecular complexity index is 717. The highest BCUT2D eigenvalue weighted by molar-refractivity contribution is 9.10. The van der Waals surface area contributed by atoms with Crippen molar-refractivity contribution in [1.82, 2.24) is 10.2 Å². The normalized spacial score (nSPS) is 10.4. The molecular formula is C14H10BrN3O2. The number of benzene rings is 1. The molecule has 0 aliphatic rings. The molecule has 20 heavy (non-hydrogen) atoms. The van der Waals surface area contributed by atoms with Crippen molar-refractivity contribution in [2.45, 2.75) is 0 Å². The van der Waals surface area contributed by atoms with Gasteiger partial charge in [-0.3, -0.25) is 9.89 Å². The largest absolute Gasteiger partial charge is 0.444 e. The van der Waals surface area contributed by atoms with Gasteiger partial charge in [-0.15, -0.1) is 0 Å². The lowest BCUT2D eigenvalue weighted by Crippen LogP contribution is -2.10. The number of hydrogen-bond donors (Lipinski definition) is 2. The fourth-order valence-corrected chi connectivity index (χ4v) is 2.09. The number of rotatable bonds is 3. The van der Waals surface area contributed by atoms with Crippen LogP contribution >= 0.6 is 15.9 Å². The molecule has 0 aliphatic heterocycles. The first-order chi connectivity index (χ1) is 9.72. The molecule has 5 nitrogen and oxygen atoms in total. The lowest BCUT2D eigenvalue weighted by Gasteiger charge is -2.04. The minimum absolute atomic E-state index is 0.259. The summed E-state index contributed by atoms with van der Waals surface area (Å²) < 4.78 is 5.72. The number of aromatic amines is 1. The molecule has 2 aromatic heterocycles. The number of carbonyl (C=O) groups excluding carboxylic acids is 1. The zero-order valence-electron chi connectivity index (χ0n) is 10.3. The highest BCUT2D eigenvalue weighted by Gasteiger charge is 2.10. The topological polar surface area (TPSA) is 70.9 Å². The van der Waals surface area contributed by atoms with Crippen molar-refractivity contribution >= 4 is 27.5 Å². The average molecular weight is 332 g/mol. The van der Waals surface area contributed by atoms with E-state index in [1.54, 1.807) is 18.3 Å². The Kier molecular flexibility index (Phi) is 3.39. The average Bonchev–Trinajstić information content (AvgIpc) is 3.10. The predicted octanol–water partition coefficient (Wildman–Crippen LogP) is 3.68. The number of carbonyl (C=O) groups is 1. The molecule has 0 atom stereocenters. The van der Waals surface area contributed by atoms with Crippen molar-refractivity contribution < 1.29 is 9.21 Å². The molecule has 3 rings (SSSR count). The number of anilines is 1. The Labute approximate surface area is 123 Å². The van der Waals surface area contributed by atoms with Crippen LogP contribution in [0.15, 0.2) is 57.7 Å². The summed E-state index contributed by atoms with van der Waals surface area (Å²) in [6.45, 7) is 0. The van der Waals surface area contributed by atoms with E-state index in [0.717, 1.165) is 11.3 Å². The van der Waals surface area contributed by atoms with E-state index in [4.69, 9.17) is 4.42 Å². The molecule has 0 unspecified atom stereocenters. The molecule has 1 aromatic carbocycles. The SMILES string of the molecule is O=C(Nc1ccc(-c2ccn[nH]2)cc1)c1ccc(Br)o1. The number of amides is 1. The van der Waals surface area contributed by atoms with Gasteiger partial charge in [0.15, 0.2) is 10.4 Å². The van der Waals surface area contributed by atoms with Gasteiger partial charge in [-0.2, -0.15) is 5.10 Å². The third kappa shape index (κ3) is 2.65. The van der Waals surface area contributed by atoms with Crippen LogP contribution in [0.3, 0.4) is 0 Å². The van der Waals surface area contributed by atoms with Crippen LogP contribution in [-0.4, -0.2) is 16.1 Å². The first-order valence-corrected chi connectivity index (χ1v) is 6.68. The number of aromatic nitrogens is 2. The minimum atomic E-state index is -0.287. The number of H-pyrrole nitrogens is 1.